The van der Waals surface area contributed by atoms with Crippen LogP contribution < -0.4 is 5.73 Å². The Kier molecular flexibility index (Phi) is 3.50. The van der Waals surface area contributed by atoms with Gasteiger partial charge in [0.2, 0.25) is 0 Å². The predicted octanol–water partition coefficient (Wildman–Crippen LogP) is 2.23. The highest BCUT2D eigenvalue weighted by Crippen LogP contribution is 2.33. The van der Waals surface area contributed by atoms with Crippen molar-refractivity contribution in [3.05, 3.63) is 17.0 Å². The van der Waals surface area contributed by atoms with Gasteiger partial charge in [0.05, 0.1) is 0 Å². The molecule has 1 heterocycles. The van der Waals surface area contributed by atoms with Crippen LogP contribution >= 0.6 is 11.8 Å². The minimum atomic E-state index is 0.315. The Balaban J connectivity index is 1.98. The molecule has 0 radical (unpaired) electrons. The fourth-order valence-electron chi connectivity index (χ4n) is 1.64. The summed E-state index contributed by atoms with van der Waals surface area (Å²) < 4.78 is 0. The Morgan fingerprint density at radius 2 is 1.81 bits per heavy atom. The van der Waals surface area contributed by atoms with E-state index in [0.29, 0.717) is 6.04 Å². The van der Waals surface area contributed by atoms with Crippen molar-refractivity contribution in [2.75, 3.05) is 5.75 Å². The minimum Gasteiger partial charge on any atom is -0.327 e. The third-order valence-corrected chi connectivity index (χ3v) is 4.24. The maximum Gasteiger partial charge on any atom is 0.188 e. The Morgan fingerprint density at radius 1 is 1.25 bits per heavy atom. The molecule has 1 aliphatic rings. The number of aryl methyl sites for hydroxylation is 2. The summed E-state index contributed by atoms with van der Waals surface area (Å²) >= 11 is 1.69. The predicted molar refractivity (Wildman–Crippen MR) is 67.7 cm³/mol. The minimum absolute atomic E-state index is 0.315. The lowest BCUT2D eigenvalue weighted by Gasteiger charge is -2.10. The standard InChI is InChI=1S/C12H19N3S/c1-7-8(2)14-12(15-9(7)3)16-6-11(13)10-4-5-10/h10-11H,4-6,13H2,1-3H3. The molecule has 0 aliphatic heterocycles. The van der Waals surface area contributed by atoms with Crippen molar-refractivity contribution in [1.82, 2.24) is 9.97 Å². The number of hydrogen-bond donors (Lipinski definition) is 1. The Hall–Kier alpha value is -0.610. The second kappa shape index (κ2) is 4.72. The van der Waals surface area contributed by atoms with Gasteiger partial charge >= 0.3 is 0 Å². The highest BCUT2D eigenvalue weighted by atomic mass is 32.2. The largest absolute Gasteiger partial charge is 0.327 e. The van der Waals surface area contributed by atoms with Gasteiger partial charge in [0.1, 0.15) is 0 Å². The molecule has 0 spiro atoms. The molecular formula is C12H19N3S. The lowest BCUT2D eigenvalue weighted by atomic mass is 10.2. The number of nitrogens with zero attached hydrogens (tertiary/aromatic N) is 2. The Labute approximate surface area is 101 Å². The number of aromatic nitrogens is 2. The first-order valence-corrected chi connectivity index (χ1v) is 6.76. The molecule has 88 valence electrons. The molecule has 0 aromatic carbocycles. The number of rotatable bonds is 4. The van der Waals surface area contributed by atoms with Gasteiger partial charge in [0.15, 0.2) is 5.16 Å². The third-order valence-electron chi connectivity index (χ3n) is 3.24. The molecule has 2 rings (SSSR count). The second-order valence-corrected chi connectivity index (χ2v) is 5.60. The molecule has 1 saturated carbocycles. The van der Waals surface area contributed by atoms with Crippen molar-refractivity contribution >= 4 is 11.8 Å². The maximum absolute atomic E-state index is 6.06. The molecule has 4 heteroatoms. The molecule has 3 nitrogen and oxygen atoms in total. The van der Waals surface area contributed by atoms with Crippen LogP contribution in [0.25, 0.3) is 0 Å². The summed E-state index contributed by atoms with van der Waals surface area (Å²) in [6.45, 7) is 6.14. The van der Waals surface area contributed by atoms with Crippen LogP contribution in [0.4, 0.5) is 0 Å². The summed E-state index contributed by atoms with van der Waals surface area (Å²) in [7, 11) is 0. The molecule has 0 bridgehead atoms. The molecule has 0 saturated heterocycles. The van der Waals surface area contributed by atoms with E-state index in [1.807, 2.05) is 13.8 Å². The number of hydrogen-bond acceptors (Lipinski definition) is 4. The maximum atomic E-state index is 6.06. The third kappa shape index (κ3) is 2.74. The molecule has 1 atom stereocenters. The summed E-state index contributed by atoms with van der Waals surface area (Å²) in [4.78, 5) is 8.96. The van der Waals surface area contributed by atoms with Gasteiger partial charge in [-0.05, 0) is 45.1 Å². The molecule has 1 unspecified atom stereocenters. The van der Waals surface area contributed by atoms with Gasteiger partial charge in [-0.3, -0.25) is 0 Å². The average molecular weight is 237 g/mol. The van der Waals surface area contributed by atoms with E-state index in [1.54, 1.807) is 11.8 Å². The van der Waals surface area contributed by atoms with Gasteiger partial charge < -0.3 is 5.73 Å². The van der Waals surface area contributed by atoms with E-state index in [0.717, 1.165) is 28.2 Å². The SMILES string of the molecule is Cc1nc(SCC(N)C2CC2)nc(C)c1C. The molecule has 16 heavy (non-hydrogen) atoms. The van der Waals surface area contributed by atoms with E-state index in [2.05, 4.69) is 16.9 Å². The molecule has 1 aromatic heterocycles. The van der Waals surface area contributed by atoms with Gasteiger partial charge in [-0.2, -0.15) is 0 Å². The van der Waals surface area contributed by atoms with Crippen LogP contribution in [-0.2, 0) is 0 Å². The van der Waals surface area contributed by atoms with Crippen molar-refractivity contribution in [3.63, 3.8) is 0 Å². The molecular weight excluding hydrogens is 218 g/mol. The zero-order valence-corrected chi connectivity index (χ0v) is 11.0. The van der Waals surface area contributed by atoms with Crippen LogP contribution in [0.1, 0.15) is 29.8 Å². The fourth-order valence-corrected chi connectivity index (χ4v) is 2.65. The number of thioether (sulfide) groups is 1. The first-order chi connectivity index (χ1) is 7.58. The van der Waals surface area contributed by atoms with Gasteiger partial charge in [0, 0.05) is 23.2 Å². The van der Waals surface area contributed by atoms with E-state index < -0.39 is 0 Å². The summed E-state index contributed by atoms with van der Waals surface area (Å²) in [5.41, 5.74) is 9.40. The Bertz CT molecular complexity index is 365. The van der Waals surface area contributed by atoms with Crippen LogP contribution in [0.2, 0.25) is 0 Å². The lowest BCUT2D eigenvalue weighted by molar-refractivity contribution is 0.658. The second-order valence-electron chi connectivity index (χ2n) is 4.61. The molecule has 1 aromatic rings. The first kappa shape index (κ1) is 11.9. The van der Waals surface area contributed by atoms with Crippen LogP contribution in [0.3, 0.4) is 0 Å². The highest BCUT2D eigenvalue weighted by Gasteiger charge is 2.28. The van der Waals surface area contributed by atoms with Gasteiger partial charge in [-0.25, -0.2) is 9.97 Å². The molecule has 1 fully saturated rings. The van der Waals surface area contributed by atoms with Crippen LogP contribution in [0, 0.1) is 26.7 Å². The van der Waals surface area contributed by atoms with Crippen molar-refractivity contribution < 1.29 is 0 Å². The van der Waals surface area contributed by atoms with Crippen molar-refractivity contribution in [1.29, 1.82) is 0 Å². The van der Waals surface area contributed by atoms with E-state index in [9.17, 15) is 0 Å². The first-order valence-electron chi connectivity index (χ1n) is 5.78. The van der Waals surface area contributed by atoms with Crippen molar-refractivity contribution in [3.8, 4) is 0 Å². The quantitative estimate of drug-likeness (QED) is 0.644. The number of nitrogens with two attached hydrogens (primary N) is 1. The normalized spacial score (nSPS) is 17.5. The van der Waals surface area contributed by atoms with E-state index in [-0.39, 0.29) is 0 Å². The van der Waals surface area contributed by atoms with Crippen LogP contribution in [-0.4, -0.2) is 21.8 Å². The molecule has 0 amide bonds. The summed E-state index contributed by atoms with van der Waals surface area (Å²) in [5, 5.41) is 0.872. The van der Waals surface area contributed by atoms with Crippen LogP contribution in [0.5, 0.6) is 0 Å². The van der Waals surface area contributed by atoms with E-state index in [1.165, 1.54) is 18.4 Å². The topological polar surface area (TPSA) is 51.8 Å². The zero-order chi connectivity index (χ0) is 11.7. The van der Waals surface area contributed by atoms with E-state index >= 15 is 0 Å². The van der Waals surface area contributed by atoms with Crippen molar-refractivity contribution in [2.45, 2.75) is 44.8 Å². The van der Waals surface area contributed by atoms with Gasteiger partial charge in [0.25, 0.3) is 0 Å². The summed E-state index contributed by atoms with van der Waals surface area (Å²) in [6.07, 6.45) is 2.60. The molecule has 2 N–H and O–H groups in total. The molecule has 1 aliphatic carbocycles. The fraction of sp³-hybridized carbons (Fsp3) is 0.667. The summed E-state index contributed by atoms with van der Waals surface area (Å²) in [5.74, 6) is 1.69. The monoisotopic (exact) mass is 237 g/mol. The highest BCUT2D eigenvalue weighted by molar-refractivity contribution is 7.99. The van der Waals surface area contributed by atoms with Crippen LogP contribution in [0.15, 0.2) is 5.16 Å². The van der Waals surface area contributed by atoms with Gasteiger partial charge in [-0.1, -0.05) is 11.8 Å². The summed E-state index contributed by atoms with van der Waals surface area (Å²) in [6, 6.07) is 0.315. The smallest absolute Gasteiger partial charge is 0.188 e. The van der Waals surface area contributed by atoms with E-state index in [4.69, 9.17) is 5.73 Å². The lowest BCUT2D eigenvalue weighted by Crippen LogP contribution is -2.25. The van der Waals surface area contributed by atoms with Crippen molar-refractivity contribution in [2.24, 2.45) is 11.7 Å². The van der Waals surface area contributed by atoms with Gasteiger partial charge in [-0.15, -0.1) is 0 Å². The zero-order valence-electron chi connectivity index (χ0n) is 10.2. The average Bonchev–Trinajstić information content (AvgIpc) is 3.05. The Morgan fingerprint density at radius 3 is 2.31 bits per heavy atom.